The smallest absolute Gasteiger partial charge is 0.311 e. The van der Waals surface area contributed by atoms with Crippen LogP contribution in [0.4, 0.5) is 33.5 Å². The number of halogens is 5. The predicted octanol–water partition coefficient (Wildman–Crippen LogP) is 2.93. The van der Waals surface area contributed by atoms with Gasteiger partial charge in [-0.15, -0.1) is 0 Å². The molecule has 0 saturated heterocycles. The molecule has 1 aromatic heterocycles. The molecule has 0 spiro atoms. The molecular weight excluding hydrogens is 301 g/mol. The summed E-state index contributed by atoms with van der Waals surface area (Å²) in [5.41, 5.74) is 2.38. The van der Waals surface area contributed by atoms with Crippen molar-refractivity contribution in [3.63, 3.8) is 0 Å². The van der Waals surface area contributed by atoms with E-state index in [0.29, 0.717) is 12.3 Å². The molecule has 0 saturated carbocycles. The quantitative estimate of drug-likeness (QED) is 0.304. The van der Waals surface area contributed by atoms with Gasteiger partial charge in [0.25, 0.3) is 0 Å². The van der Waals surface area contributed by atoms with Crippen molar-refractivity contribution in [3.05, 3.63) is 51.5 Å². The minimum Gasteiger partial charge on any atom is -0.378 e. The van der Waals surface area contributed by atoms with Crippen LogP contribution in [0, 0.1) is 39.2 Å². The Morgan fingerprint density at radius 3 is 1.95 bits per heavy atom. The third-order valence-corrected chi connectivity index (χ3v) is 2.59. The molecule has 2 aromatic rings. The molecule has 2 N–H and O–H groups in total. The first-order valence-electron chi connectivity index (χ1n) is 5.17. The molecule has 0 unspecified atom stereocenters. The van der Waals surface area contributed by atoms with Gasteiger partial charge in [0, 0.05) is 17.8 Å². The van der Waals surface area contributed by atoms with Crippen LogP contribution < -0.4 is 5.73 Å². The summed E-state index contributed by atoms with van der Waals surface area (Å²) < 4.78 is 66.2. The number of nitro groups is 1. The van der Waals surface area contributed by atoms with E-state index in [1.54, 1.807) is 0 Å². The first-order chi connectivity index (χ1) is 9.75. The number of benzene rings is 1. The Labute approximate surface area is 113 Å². The Morgan fingerprint density at radius 1 is 1.00 bits per heavy atom. The summed E-state index contributed by atoms with van der Waals surface area (Å²) in [7, 11) is 0. The van der Waals surface area contributed by atoms with E-state index < -0.39 is 56.6 Å². The van der Waals surface area contributed by atoms with Gasteiger partial charge < -0.3 is 5.73 Å². The molecule has 1 aromatic carbocycles. The summed E-state index contributed by atoms with van der Waals surface area (Å²) >= 11 is 0. The highest BCUT2D eigenvalue weighted by molar-refractivity contribution is 5.70. The molecule has 0 aliphatic carbocycles. The zero-order valence-electron chi connectivity index (χ0n) is 9.83. The van der Waals surface area contributed by atoms with Crippen LogP contribution in [-0.4, -0.2) is 9.91 Å². The van der Waals surface area contributed by atoms with E-state index in [0.717, 1.165) is 0 Å². The number of hydrogen-bond acceptors (Lipinski definition) is 4. The molecule has 1 heterocycles. The van der Waals surface area contributed by atoms with Crippen LogP contribution in [0.15, 0.2) is 12.3 Å². The van der Waals surface area contributed by atoms with Gasteiger partial charge >= 0.3 is 5.69 Å². The summed E-state index contributed by atoms with van der Waals surface area (Å²) in [5.74, 6) is -11.5. The summed E-state index contributed by atoms with van der Waals surface area (Å²) in [6, 6.07) is 0.570. The molecule has 2 rings (SSSR count). The second kappa shape index (κ2) is 4.96. The van der Waals surface area contributed by atoms with Gasteiger partial charge in [0.1, 0.15) is 0 Å². The van der Waals surface area contributed by atoms with Crippen LogP contribution in [0.1, 0.15) is 0 Å². The van der Waals surface area contributed by atoms with Crippen molar-refractivity contribution in [2.24, 2.45) is 0 Å². The zero-order valence-corrected chi connectivity index (χ0v) is 9.83. The highest BCUT2D eigenvalue weighted by Crippen LogP contribution is 2.33. The second-order valence-corrected chi connectivity index (χ2v) is 3.83. The fourth-order valence-electron chi connectivity index (χ4n) is 1.61. The molecule has 0 atom stereocenters. The van der Waals surface area contributed by atoms with Gasteiger partial charge in [-0.25, -0.2) is 26.9 Å². The number of nitrogens with zero attached hydrogens (tertiary/aromatic N) is 2. The number of aromatic nitrogens is 1. The summed E-state index contributed by atoms with van der Waals surface area (Å²) in [6.07, 6.45) is 0.667. The lowest BCUT2D eigenvalue weighted by molar-refractivity contribution is -0.384. The van der Waals surface area contributed by atoms with Gasteiger partial charge in [-0.05, 0) is 0 Å². The first-order valence-corrected chi connectivity index (χ1v) is 5.17. The third-order valence-electron chi connectivity index (χ3n) is 2.59. The van der Waals surface area contributed by atoms with Crippen molar-refractivity contribution in [2.75, 3.05) is 5.73 Å². The molecule has 5 nitrogen and oxygen atoms in total. The minimum atomic E-state index is -2.33. The third kappa shape index (κ3) is 2.24. The van der Waals surface area contributed by atoms with Gasteiger partial charge in [0.15, 0.2) is 23.3 Å². The molecule has 0 fully saturated rings. The molecule has 110 valence electrons. The average Bonchev–Trinajstić information content (AvgIpc) is 2.44. The van der Waals surface area contributed by atoms with Crippen molar-refractivity contribution >= 4 is 11.5 Å². The predicted molar refractivity (Wildman–Crippen MR) is 60.5 cm³/mol. The number of nitrogen functional groups attached to an aromatic ring is 1. The van der Waals surface area contributed by atoms with E-state index in [-0.39, 0.29) is 0 Å². The fourth-order valence-corrected chi connectivity index (χ4v) is 1.61. The monoisotopic (exact) mass is 305 g/mol. The van der Waals surface area contributed by atoms with Crippen molar-refractivity contribution in [3.8, 4) is 11.1 Å². The van der Waals surface area contributed by atoms with Crippen molar-refractivity contribution in [1.29, 1.82) is 0 Å². The maximum Gasteiger partial charge on any atom is 0.311 e. The highest BCUT2D eigenvalue weighted by Gasteiger charge is 2.28. The number of nitrogens with two attached hydrogens (primary N) is 1. The highest BCUT2D eigenvalue weighted by atomic mass is 19.2. The van der Waals surface area contributed by atoms with Gasteiger partial charge in [0.2, 0.25) is 11.6 Å². The maximum absolute atomic E-state index is 13.6. The molecule has 10 heteroatoms. The molecular formula is C11H4F5N3O2. The molecule has 21 heavy (non-hydrogen) atoms. The Balaban J connectivity index is 2.80. The first kappa shape index (κ1) is 14.6. The van der Waals surface area contributed by atoms with Crippen LogP contribution in [0.3, 0.4) is 0 Å². The molecule has 0 amide bonds. The molecule has 0 aliphatic rings. The van der Waals surface area contributed by atoms with Crippen LogP contribution in [-0.2, 0) is 0 Å². The Bertz CT molecular complexity index is 737. The van der Waals surface area contributed by atoms with E-state index in [2.05, 4.69) is 4.98 Å². The lowest BCUT2D eigenvalue weighted by Crippen LogP contribution is -2.05. The average molecular weight is 305 g/mol. The van der Waals surface area contributed by atoms with Crippen LogP contribution in [0.5, 0.6) is 0 Å². The van der Waals surface area contributed by atoms with Crippen LogP contribution in [0.2, 0.25) is 0 Å². The summed E-state index contributed by atoms with van der Waals surface area (Å²) in [4.78, 5) is 13.0. The van der Waals surface area contributed by atoms with Gasteiger partial charge in [-0.1, -0.05) is 0 Å². The van der Waals surface area contributed by atoms with Gasteiger partial charge in [-0.3, -0.25) is 10.1 Å². The lowest BCUT2D eigenvalue weighted by atomic mass is 10.0. The number of rotatable bonds is 2. The minimum absolute atomic E-state index is 0.562. The second-order valence-electron chi connectivity index (χ2n) is 3.83. The topological polar surface area (TPSA) is 82.0 Å². The molecule has 0 radical (unpaired) electrons. The van der Waals surface area contributed by atoms with Crippen molar-refractivity contribution in [1.82, 2.24) is 4.98 Å². The van der Waals surface area contributed by atoms with Gasteiger partial charge in [0.05, 0.1) is 10.5 Å². The molecule has 0 aliphatic heterocycles. The van der Waals surface area contributed by atoms with Crippen LogP contribution in [0.25, 0.3) is 11.1 Å². The van der Waals surface area contributed by atoms with Crippen molar-refractivity contribution in [2.45, 2.75) is 0 Å². The normalized spacial score (nSPS) is 10.7. The Hall–Kier alpha value is -2.78. The largest absolute Gasteiger partial charge is 0.378 e. The van der Waals surface area contributed by atoms with Gasteiger partial charge in [-0.2, -0.15) is 0 Å². The summed E-state index contributed by atoms with van der Waals surface area (Å²) in [5, 5.41) is 10.7. The van der Waals surface area contributed by atoms with E-state index in [1.807, 2.05) is 0 Å². The van der Waals surface area contributed by atoms with E-state index in [9.17, 15) is 32.1 Å². The van der Waals surface area contributed by atoms with Crippen molar-refractivity contribution < 1.29 is 26.9 Å². The number of pyridine rings is 1. The lowest BCUT2D eigenvalue weighted by Gasteiger charge is -2.08. The Morgan fingerprint density at radius 2 is 1.48 bits per heavy atom. The summed E-state index contributed by atoms with van der Waals surface area (Å²) in [6.45, 7) is 0. The number of anilines is 1. The SMILES string of the molecule is Nc1ncc(-c2c(F)c(F)c(F)c(F)c2F)cc1[N+](=O)[O-]. The van der Waals surface area contributed by atoms with E-state index in [4.69, 9.17) is 5.73 Å². The molecule has 0 bridgehead atoms. The standard InChI is InChI=1S/C11H4F5N3O2/c12-6-5(7(13)9(15)10(16)8(6)14)3-1-4(19(20)21)11(17)18-2-3/h1-2H,(H2,17,18). The Kier molecular flexibility index (Phi) is 3.45. The zero-order chi connectivity index (χ0) is 15.9. The maximum atomic E-state index is 13.6. The van der Waals surface area contributed by atoms with Crippen LogP contribution >= 0.6 is 0 Å². The fraction of sp³-hybridized carbons (Fsp3) is 0. The van der Waals surface area contributed by atoms with E-state index in [1.165, 1.54) is 0 Å². The van der Waals surface area contributed by atoms with E-state index >= 15 is 0 Å². The number of hydrogen-bond donors (Lipinski definition) is 1.